The number of thiophene rings is 1. The summed E-state index contributed by atoms with van der Waals surface area (Å²) >= 11 is 3.25. The summed E-state index contributed by atoms with van der Waals surface area (Å²) in [7, 11) is 1.40. The van der Waals surface area contributed by atoms with Crippen molar-refractivity contribution in [3.05, 3.63) is 29.6 Å². The van der Waals surface area contributed by atoms with Gasteiger partial charge in [-0.2, -0.15) is 0 Å². The number of esters is 1. The van der Waals surface area contributed by atoms with Crippen LogP contribution in [0.4, 0.5) is 0 Å². The summed E-state index contributed by atoms with van der Waals surface area (Å²) in [5.74, 6) is 1.95. The van der Waals surface area contributed by atoms with Gasteiger partial charge in [0, 0.05) is 5.25 Å². The summed E-state index contributed by atoms with van der Waals surface area (Å²) in [4.78, 5) is 16.4. The number of hydrogen-bond donors (Lipinski definition) is 0. The second-order valence-electron chi connectivity index (χ2n) is 4.00. The van der Waals surface area contributed by atoms with Crippen LogP contribution in [-0.2, 0) is 15.3 Å². The van der Waals surface area contributed by atoms with Gasteiger partial charge in [0.2, 0.25) is 5.89 Å². The number of nitrogens with zero attached hydrogens (tertiary/aromatic N) is 1. The molecule has 2 heterocycles. The third-order valence-corrected chi connectivity index (χ3v) is 4.52. The van der Waals surface area contributed by atoms with E-state index in [0.717, 1.165) is 10.6 Å². The van der Waals surface area contributed by atoms with Gasteiger partial charge < -0.3 is 9.15 Å². The van der Waals surface area contributed by atoms with Gasteiger partial charge in [0.1, 0.15) is 0 Å². The average Bonchev–Trinajstić information content (AvgIpc) is 3.06. The van der Waals surface area contributed by atoms with Crippen molar-refractivity contribution in [1.29, 1.82) is 0 Å². The molecule has 0 saturated heterocycles. The van der Waals surface area contributed by atoms with E-state index in [0.29, 0.717) is 18.1 Å². The first-order valence-electron chi connectivity index (χ1n) is 5.86. The van der Waals surface area contributed by atoms with Crippen LogP contribution in [0.3, 0.4) is 0 Å². The van der Waals surface area contributed by atoms with Crippen molar-refractivity contribution in [3.63, 3.8) is 0 Å². The van der Waals surface area contributed by atoms with Crippen molar-refractivity contribution in [3.8, 4) is 10.6 Å². The largest absolute Gasteiger partial charge is 0.469 e. The molecule has 19 heavy (non-hydrogen) atoms. The van der Waals surface area contributed by atoms with Crippen LogP contribution in [0.5, 0.6) is 0 Å². The van der Waals surface area contributed by atoms with Crippen molar-refractivity contribution in [2.24, 2.45) is 0 Å². The van der Waals surface area contributed by atoms with Gasteiger partial charge in [-0.15, -0.1) is 23.1 Å². The first-order valence-corrected chi connectivity index (χ1v) is 7.79. The Labute approximate surface area is 120 Å². The van der Waals surface area contributed by atoms with E-state index in [1.54, 1.807) is 29.3 Å². The Hall–Kier alpha value is -1.27. The average molecular weight is 297 g/mol. The predicted molar refractivity (Wildman–Crippen MR) is 77.2 cm³/mol. The molecule has 0 saturated carbocycles. The first-order chi connectivity index (χ1) is 9.19. The second kappa shape index (κ2) is 6.77. The molecular weight excluding hydrogens is 282 g/mol. The zero-order chi connectivity index (χ0) is 13.7. The maximum absolute atomic E-state index is 11.1. The highest BCUT2D eigenvalue weighted by Crippen LogP contribution is 2.27. The molecule has 2 aromatic heterocycles. The topological polar surface area (TPSA) is 52.3 Å². The fraction of sp³-hybridized carbons (Fsp3) is 0.385. The zero-order valence-electron chi connectivity index (χ0n) is 10.8. The Morgan fingerprint density at radius 2 is 2.47 bits per heavy atom. The minimum atomic E-state index is -0.188. The predicted octanol–water partition coefficient (Wildman–Crippen LogP) is 3.59. The number of hydrogen-bond acceptors (Lipinski definition) is 6. The van der Waals surface area contributed by atoms with Gasteiger partial charge in [-0.05, 0) is 11.4 Å². The lowest BCUT2D eigenvalue weighted by Crippen LogP contribution is -2.08. The number of carbonyl (C=O) groups excluding carboxylic acids is 1. The number of carbonyl (C=O) groups is 1. The molecule has 0 bridgehead atoms. The number of ether oxygens (including phenoxy) is 1. The molecule has 0 aliphatic carbocycles. The first kappa shape index (κ1) is 14.1. The number of oxazole rings is 1. The zero-order valence-corrected chi connectivity index (χ0v) is 12.4. The number of methoxy groups -OCH3 is 1. The van der Waals surface area contributed by atoms with Crippen LogP contribution in [0.25, 0.3) is 10.6 Å². The Kier molecular flexibility index (Phi) is 5.04. The van der Waals surface area contributed by atoms with E-state index in [4.69, 9.17) is 4.42 Å². The fourth-order valence-electron chi connectivity index (χ4n) is 1.50. The van der Waals surface area contributed by atoms with Gasteiger partial charge >= 0.3 is 5.97 Å². The van der Waals surface area contributed by atoms with Crippen LogP contribution in [-0.4, -0.2) is 23.3 Å². The SMILES string of the molecule is COC(=O)C[C@H](C)SCc1ncc(-c2cccs2)o1. The normalized spacial score (nSPS) is 12.3. The van der Waals surface area contributed by atoms with Gasteiger partial charge in [-0.1, -0.05) is 13.0 Å². The van der Waals surface area contributed by atoms with Gasteiger partial charge in [-0.25, -0.2) is 4.98 Å². The lowest BCUT2D eigenvalue weighted by atomic mass is 10.3. The minimum absolute atomic E-state index is 0.185. The molecule has 0 unspecified atom stereocenters. The van der Waals surface area contributed by atoms with Crippen LogP contribution < -0.4 is 0 Å². The lowest BCUT2D eigenvalue weighted by Gasteiger charge is -2.07. The summed E-state index contributed by atoms with van der Waals surface area (Å²) < 4.78 is 10.3. The Morgan fingerprint density at radius 3 is 3.16 bits per heavy atom. The standard InChI is InChI=1S/C13H15NO3S2/c1-9(6-13(15)16-2)19-8-12-14-7-10(17-12)11-4-3-5-18-11/h3-5,7,9H,6,8H2,1-2H3/t9-/m0/s1. The lowest BCUT2D eigenvalue weighted by molar-refractivity contribution is -0.140. The molecular formula is C13H15NO3S2. The van der Waals surface area contributed by atoms with Crippen LogP contribution in [0.15, 0.2) is 28.1 Å². The van der Waals surface area contributed by atoms with Crippen LogP contribution in [0, 0.1) is 0 Å². The molecule has 0 fully saturated rings. The summed E-state index contributed by atoms with van der Waals surface area (Å²) in [5.41, 5.74) is 0. The van der Waals surface area contributed by atoms with E-state index in [2.05, 4.69) is 9.72 Å². The maximum atomic E-state index is 11.1. The number of aromatic nitrogens is 1. The van der Waals surface area contributed by atoms with E-state index in [1.807, 2.05) is 24.4 Å². The van der Waals surface area contributed by atoms with Gasteiger partial charge in [0.15, 0.2) is 5.76 Å². The summed E-state index contributed by atoms with van der Waals surface area (Å²) in [5, 5.41) is 2.19. The van der Waals surface area contributed by atoms with Crippen LogP contribution in [0.1, 0.15) is 19.2 Å². The Bertz CT molecular complexity index is 522. The number of thioether (sulfide) groups is 1. The van der Waals surface area contributed by atoms with Crippen molar-refractivity contribution < 1.29 is 13.9 Å². The molecule has 102 valence electrons. The van der Waals surface area contributed by atoms with E-state index < -0.39 is 0 Å². The molecule has 0 spiro atoms. The molecule has 0 aromatic carbocycles. The molecule has 0 N–H and O–H groups in total. The second-order valence-corrected chi connectivity index (χ2v) is 6.37. The molecule has 2 aromatic rings. The van der Waals surface area contributed by atoms with Gasteiger partial charge in [0.25, 0.3) is 0 Å². The van der Waals surface area contributed by atoms with Crippen LogP contribution >= 0.6 is 23.1 Å². The monoisotopic (exact) mass is 297 g/mol. The number of rotatable bonds is 6. The molecule has 1 atom stereocenters. The summed E-state index contributed by atoms with van der Waals surface area (Å²) in [6.45, 7) is 1.99. The van der Waals surface area contributed by atoms with Crippen molar-refractivity contribution in [2.75, 3.05) is 7.11 Å². The van der Waals surface area contributed by atoms with Gasteiger partial charge in [0.05, 0.1) is 30.4 Å². The van der Waals surface area contributed by atoms with Gasteiger partial charge in [-0.3, -0.25) is 4.79 Å². The molecule has 6 heteroatoms. The molecule has 4 nitrogen and oxygen atoms in total. The van der Waals surface area contributed by atoms with E-state index in [-0.39, 0.29) is 11.2 Å². The quantitative estimate of drug-likeness (QED) is 0.763. The van der Waals surface area contributed by atoms with Crippen molar-refractivity contribution in [2.45, 2.75) is 24.3 Å². The summed E-state index contributed by atoms with van der Waals surface area (Å²) in [6.07, 6.45) is 2.15. The molecule has 0 aliphatic rings. The van der Waals surface area contributed by atoms with E-state index in [9.17, 15) is 4.79 Å². The van der Waals surface area contributed by atoms with Crippen molar-refractivity contribution >= 4 is 29.1 Å². The Morgan fingerprint density at radius 1 is 1.63 bits per heavy atom. The third kappa shape index (κ3) is 4.11. The fourth-order valence-corrected chi connectivity index (χ4v) is 2.99. The Balaban J connectivity index is 1.85. The van der Waals surface area contributed by atoms with Crippen molar-refractivity contribution in [1.82, 2.24) is 4.98 Å². The van der Waals surface area contributed by atoms with Crippen LogP contribution in [0.2, 0.25) is 0 Å². The summed E-state index contributed by atoms with van der Waals surface area (Å²) in [6, 6.07) is 3.98. The maximum Gasteiger partial charge on any atom is 0.306 e. The third-order valence-electron chi connectivity index (χ3n) is 2.49. The smallest absolute Gasteiger partial charge is 0.306 e. The molecule has 0 aliphatic heterocycles. The molecule has 0 amide bonds. The minimum Gasteiger partial charge on any atom is -0.469 e. The highest BCUT2D eigenvalue weighted by atomic mass is 32.2. The molecule has 0 radical (unpaired) electrons. The van der Waals surface area contributed by atoms with E-state index in [1.165, 1.54) is 7.11 Å². The highest BCUT2D eigenvalue weighted by Gasteiger charge is 2.12. The highest BCUT2D eigenvalue weighted by molar-refractivity contribution is 7.99. The van der Waals surface area contributed by atoms with E-state index >= 15 is 0 Å². The molecule has 2 rings (SSSR count).